The highest BCUT2D eigenvalue weighted by atomic mass is 79.9. The highest BCUT2D eigenvalue weighted by Gasteiger charge is 2.38. The summed E-state index contributed by atoms with van der Waals surface area (Å²) in [5.41, 5.74) is 0. The summed E-state index contributed by atoms with van der Waals surface area (Å²) in [6, 6.07) is 0. The van der Waals surface area contributed by atoms with Gasteiger partial charge in [0.25, 0.3) is 0 Å². The standard InChI is InChI=1S/C4H12NO4S2.BrH/c1-5(2,10(3,6)7)11(4,8)9;/h1-4H3;1H/q+1;/p-1. The fourth-order valence-corrected chi connectivity index (χ4v) is 2.21. The molecule has 0 amide bonds. The lowest BCUT2D eigenvalue weighted by Gasteiger charge is -2.22. The first-order valence-electron chi connectivity index (χ1n) is 2.74. The first-order valence-corrected chi connectivity index (χ1v) is 6.44. The molecule has 0 unspecified atom stereocenters. The number of rotatable bonds is 2. The fraction of sp³-hybridized carbons (Fsp3) is 1.00. The van der Waals surface area contributed by atoms with Crippen LogP contribution in [0.2, 0.25) is 0 Å². The Kier molecular flexibility index (Phi) is 4.46. The highest BCUT2D eigenvalue weighted by molar-refractivity contribution is 7.97. The van der Waals surface area contributed by atoms with E-state index in [2.05, 4.69) is 0 Å². The Labute approximate surface area is 83.8 Å². The van der Waals surface area contributed by atoms with Gasteiger partial charge in [0, 0.05) is 0 Å². The van der Waals surface area contributed by atoms with Crippen LogP contribution < -0.4 is 17.0 Å². The van der Waals surface area contributed by atoms with Gasteiger partial charge in [0.2, 0.25) is 0 Å². The molecule has 0 atom stereocenters. The molecule has 0 aliphatic rings. The maximum atomic E-state index is 10.9. The second-order valence-corrected chi connectivity index (χ2v) is 7.71. The summed E-state index contributed by atoms with van der Waals surface area (Å²) in [5, 5.41) is 0. The van der Waals surface area contributed by atoms with E-state index in [1.807, 2.05) is 0 Å². The number of sulfonamides is 2. The second-order valence-electron chi connectivity index (χ2n) is 2.72. The van der Waals surface area contributed by atoms with Gasteiger partial charge in [-0.1, -0.05) is 0 Å². The molecule has 0 saturated carbocycles. The third-order valence-corrected chi connectivity index (χ3v) is 6.42. The van der Waals surface area contributed by atoms with Crippen LogP contribution in [0.3, 0.4) is 0 Å². The molecule has 0 saturated heterocycles. The Balaban J connectivity index is 0. The largest absolute Gasteiger partial charge is 1.00 e. The van der Waals surface area contributed by atoms with Crippen LogP contribution in [0.1, 0.15) is 0 Å². The molecule has 8 heteroatoms. The van der Waals surface area contributed by atoms with Crippen molar-refractivity contribution in [1.82, 2.24) is 0 Å². The molecule has 0 heterocycles. The third-order valence-electron chi connectivity index (χ3n) is 1.60. The fourth-order valence-electron chi connectivity index (χ4n) is 0.246. The first-order chi connectivity index (χ1) is 4.50. The van der Waals surface area contributed by atoms with Crippen LogP contribution in [0.25, 0.3) is 0 Å². The monoisotopic (exact) mass is 281 g/mol. The van der Waals surface area contributed by atoms with E-state index in [0.717, 1.165) is 26.6 Å². The lowest BCUT2D eigenvalue weighted by atomic mass is 11.3. The predicted molar refractivity (Wildman–Crippen MR) is 41.8 cm³/mol. The van der Waals surface area contributed by atoms with Gasteiger partial charge < -0.3 is 17.0 Å². The van der Waals surface area contributed by atoms with Crippen LogP contribution >= 0.6 is 0 Å². The minimum absolute atomic E-state index is 0. The molecule has 76 valence electrons. The molecule has 0 radical (unpaired) electrons. The van der Waals surface area contributed by atoms with Crippen LogP contribution in [0, 0.1) is 0 Å². The molecule has 0 aliphatic carbocycles. The maximum absolute atomic E-state index is 10.9. The Bertz CT molecular complexity index is 307. The van der Waals surface area contributed by atoms with Crippen molar-refractivity contribution in [3.63, 3.8) is 0 Å². The van der Waals surface area contributed by atoms with Crippen LogP contribution in [0.5, 0.6) is 0 Å². The Hall–Kier alpha value is 0.340. The molecule has 12 heavy (non-hydrogen) atoms. The van der Waals surface area contributed by atoms with Crippen molar-refractivity contribution in [1.29, 1.82) is 0 Å². The molecule has 0 spiro atoms. The number of nitrogens with zero attached hydrogens (tertiary/aromatic N) is 1. The van der Waals surface area contributed by atoms with Crippen molar-refractivity contribution < 1.29 is 37.1 Å². The molecule has 0 aromatic carbocycles. The Morgan fingerprint density at radius 3 is 1.00 bits per heavy atom. The zero-order valence-corrected chi connectivity index (χ0v) is 10.5. The predicted octanol–water partition coefficient (Wildman–Crippen LogP) is -4.01. The van der Waals surface area contributed by atoms with Gasteiger partial charge in [-0.3, -0.25) is 0 Å². The molecule has 0 fully saturated rings. The molecule has 0 N–H and O–H groups in total. The summed E-state index contributed by atoms with van der Waals surface area (Å²) in [6.45, 7) is 0. The van der Waals surface area contributed by atoms with E-state index in [0.29, 0.717) is 0 Å². The van der Waals surface area contributed by atoms with Gasteiger partial charge in [0.15, 0.2) is 0 Å². The van der Waals surface area contributed by atoms with Crippen molar-refractivity contribution >= 4 is 20.0 Å². The highest BCUT2D eigenvalue weighted by Crippen LogP contribution is 2.11. The summed E-state index contributed by atoms with van der Waals surface area (Å²) >= 11 is 0. The van der Waals surface area contributed by atoms with Crippen LogP contribution in [0.4, 0.5) is 0 Å². The van der Waals surface area contributed by atoms with Crippen molar-refractivity contribution in [3.05, 3.63) is 0 Å². The quantitative estimate of drug-likeness (QED) is 0.484. The second kappa shape index (κ2) is 3.60. The minimum atomic E-state index is -3.61. The van der Waals surface area contributed by atoms with Gasteiger partial charge in [0.05, 0.1) is 26.6 Å². The topological polar surface area (TPSA) is 68.3 Å². The van der Waals surface area contributed by atoms with Crippen molar-refractivity contribution in [2.75, 3.05) is 26.6 Å². The third kappa shape index (κ3) is 2.68. The molecule has 5 nitrogen and oxygen atoms in total. The molecule has 0 aliphatic heterocycles. The summed E-state index contributed by atoms with van der Waals surface area (Å²) in [5.74, 6) is 0. The number of hydrogen-bond acceptors (Lipinski definition) is 4. The molecular weight excluding hydrogens is 270 g/mol. The smallest absolute Gasteiger partial charge is 0.308 e. The van der Waals surface area contributed by atoms with Crippen LogP contribution in [-0.4, -0.2) is 46.7 Å². The van der Waals surface area contributed by atoms with Gasteiger partial charge in [0.1, 0.15) is 0 Å². The van der Waals surface area contributed by atoms with E-state index in [4.69, 9.17) is 0 Å². The van der Waals surface area contributed by atoms with Crippen LogP contribution in [0.15, 0.2) is 0 Å². The van der Waals surface area contributed by atoms with Gasteiger partial charge >= 0.3 is 20.0 Å². The first kappa shape index (κ1) is 14.8. The van der Waals surface area contributed by atoms with E-state index in [1.54, 1.807) is 0 Å². The Morgan fingerprint density at radius 2 is 1.00 bits per heavy atom. The van der Waals surface area contributed by atoms with E-state index in [1.165, 1.54) is 0 Å². The molecule has 0 rings (SSSR count). The lowest BCUT2D eigenvalue weighted by Crippen LogP contribution is -3.00. The minimum Gasteiger partial charge on any atom is -1.00 e. The molecule has 0 bridgehead atoms. The molecule has 0 aromatic rings. The van der Waals surface area contributed by atoms with Gasteiger partial charge in [-0.05, 0) is 0 Å². The summed E-state index contributed by atoms with van der Waals surface area (Å²) in [7, 11) is -4.99. The van der Waals surface area contributed by atoms with E-state index >= 15 is 0 Å². The van der Waals surface area contributed by atoms with E-state index in [9.17, 15) is 16.8 Å². The van der Waals surface area contributed by atoms with Crippen LogP contribution in [-0.2, 0) is 20.0 Å². The van der Waals surface area contributed by atoms with Gasteiger partial charge in [-0.2, -0.15) is 16.8 Å². The summed E-state index contributed by atoms with van der Waals surface area (Å²) in [6.07, 6.45) is 1.77. The lowest BCUT2D eigenvalue weighted by molar-refractivity contribution is -0.619. The average molecular weight is 282 g/mol. The van der Waals surface area contributed by atoms with Crippen molar-refractivity contribution in [2.24, 2.45) is 0 Å². The molecular formula is C4H12BrNO4S2. The average Bonchev–Trinajstić information content (AvgIpc) is 1.58. The van der Waals surface area contributed by atoms with Gasteiger partial charge in [-0.15, -0.1) is 3.29 Å². The summed E-state index contributed by atoms with van der Waals surface area (Å²) in [4.78, 5) is 0. The van der Waals surface area contributed by atoms with E-state index < -0.39 is 23.3 Å². The SMILES string of the molecule is C[N+](C)(S(C)(=O)=O)S(C)(=O)=O.[Br-]. The summed E-state index contributed by atoms with van der Waals surface area (Å²) < 4.78 is 42.6. The normalized spacial score (nSPS) is 13.7. The zero-order valence-electron chi connectivity index (χ0n) is 7.27. The maximum Gasteiger partial charge on any atom is 0.308 e. The van der Waals surface area contributed by atoms with E-state index in [-0.39, 0.29) is 17.0 Å². The number of halogens is 1. The number of hydrogen-bond donors (Lipinski definition) is 0. The van der Waals surface area contributed by atoms with Crippen molar-refractivity contribution in [2.45, 2.75) is 0 Å². The zero-order chi connectivity index (χ0) is 9.50. The van der Waals surface area contributed by atoms with Crippen molar-refractivity contribution in [3.8, 4) is 0 Å². The molecule has 0 aromatic heterocycles. The Morgan fingerprint density at radius 1 is 0.833 bits per heavy atom. The number of quaternary nitrogens is 1. The van der Waals surface area contributed by atoms with Gasteiger partial charge in [-0.25, -0.2) is 0 Å².